The maximum Gasteiger partial charge on any atom is 0.305 e. The van der Waals surface area contributed by atoms with E-state index in [1.165, 1.54) is 70.5 Å². The van der Waals surface area contributed by atoms with Gasteiger partial charge in [0.2, 0.25) is 0 Å². The van der Waals surface area contributed by atoms with Gasteiger partial charge in [0.25, 0.3) is 7.82 Å². The van der Waals surface area contributed by atoms with Crippen LogP contribution in [0, 0.1) is 0 Å². The van der Waals surface area contributed by atoms with Crippen LogP contribution in [-0.2, 0) is 27.9 Å². The van der Waals surface area contributed by atoms with Crippen molar-refractivity contribution in [2.75, 3.05) is 47.5 Å². The molecule has 0 saturated carbocycles. The minimum Gasteiger partial charge on any atom is -0.756 e. The number of esters is 1. The Morgan fingerprint density at radius 3 is 1.89 bits per heavy atom. The minimum absolute atomic E-state index is 0.00573. The molecule has 0 heterocycles. The zero-order chi connectivity index (χ0) is 40.0. The highest BCUT2D eigenvalue weighted by molar-refractivity contribution is 7.45. The smallest absolute Gasteiger partial charge is 0.305 e. The summed E-state index contributed by atoms with van der Waals surface area (Å²) < 4.78 is 34.1. The molecule has 0 aliphatic carbocycles. The predicted molar refractivity (Wildman–Crippen MR) is 223 cm³/mol. The molecule has 10 heteroatoms. The van der Waals surface area contributed by atoms with E-state index >= 15 is 0 Å². The Balaban J connectivity index is 4.53. The van der Waals surface area contributed by atoms with E-state index in [2.05, 4.69) is 50.3 Å². The number of aliphatic hydroxyl groups is 1. The molecule has 0 rings (SSSR count). The lowest BCUT2D eigenvalue weighted by Gasteiger charge is -2.28. The summed E-state index contributed by atoms with van der Waals surface area (Å²) in [6.07, 6.45) is 43.3. The Morgan fingerprint density at radius 2 is 1.30 bits per heavy atom. The molecule has 0 bridgehead atoms. The molecule has 54 heavy (non-hydrogen) atoms. The number of rotatable bonds is 37. The Bertz CT molecular complexity index is 1110. The Hall–Kier alpha value is -2.26. The predicted octanol–water partition coefficient (Wildman–Crippen LogP) is 10.6. The van der Waals surface area contributed by atoms with Crippen LogP contribution in [0.1, 0.15) is 142 Å². The molecule has 0 amide bonds. The van der Waals surface area contributed by atoms with Crippen molar-refractivity contribution in [3.05, 3.63) is 73.1 Å². The first kappa shape index (κ1) is 51.7. The van der Waals surface area contributed by atoms with Crippen molar-refractivity contribution in [3.63, 3.8) is 0 Å². The van der Waals surface area contributed by atoms with Gasteiger partial charge in [0, 0.05) is 6.42 Å². The molecule has 2 unspecified atom stereocenters. The van der Waals surface area contributed by atoms with E-state index < -0.39 is 26.0 Å². The molecule has 0 aliphatic rings. The highest BCUT2D eigenvalue weighted by Crippen LogP contribution is 2.38. The Kier molecular flexibility index (Phi) is 34.9. The van der Waals surface area contributed by atoms with Gasteiger partial charge in [0.05, 0.1) is 40.1 Å². The highest BCUT2D eigenvalue weighted by Gasteiger charge is 2.19. The van der Waals surface area contributed by atoms with Crippen LogP contribution in [0.15, 0.2) is 73.1 Å². The normalized spacial score (nSPS) is 15.1. The van der Waals surface area contributed by atoms with E-state index in [-0.39, 0.29) is 26.2 Å². The average Bonchev–Trinajstić information content (AvgIpc) is 3.12. The summed E-state index contributed by atoms with van der Waals surface area (Å²) in [6, 6.07) is 0. The first-order valence-corrected chi connectivity index (χ1v) is 22.3. The van der Waals surface area contributed by atoms with Crippen LogP contribution in [0.5, 0.6) is 0 Å². The van der Waals surface area contributed by atoms with Gasteiger partial charge in [-0.1, -0.05) is 145 Å². The lowest BCUT2D eigenvalue weighted by Crippen LogP contribution is -2.37. The van der Waals surface area contributed by atoms with E-state index in [0.717, 1.165) is 44.9 Å². The zero-order valence-electron chi connectivity index (χ0n) is 34.8. The number of nitrogens with zero attached hydrogens (tertiary/aromatic N) is 1. The Morgan fingerprint density at radius 1 is 0.722 bits per heavy atom. The number of hydrogen-bond donors (Lipinski definition) is 1. The van der Waals surface area contributed by atoms with Gasteiger partial charge in [-0.05, 0) is 57.4 Å². The van der Waals surface area contributed by atoms with E-state index in [1.54, 1.807) is 6.08 Å². The van der Waals surface area contributed by atoms with Gasteiger partial charge >= 0.3 is 5.97 Å². The summed E-state index contributed by atoms with van der Waals surface area (Å²) in [5, 5.41) is 10.3. The van der Waals surface area contributed by atoms with Crippen LogP contribution in [0.25, 0.3) is 0 Å². The first-order chi connectivity index (χ1) is 26.0. The lowest BCUT2D eigenvalue weighted by molar-refractivity contribution is -0.870. The molecule has 0 radical (unpaired) electrons. The van der Waals surface area contributed by atoms with Crippen molar-refractivity contribution in [3.8, 4) is 0 Å². The number of hydrogen-bond acceptors (Lipinski definition) is 8. The van der Waals surface area contributed by atoms with Crippen LogP contribution >= 0.6 is 7.82 Å². The zero-order valence-corrected chi connectivity index (χ0v) is 35.6. The van der Waals surface area contributed by atoms with Crippen molar-refractivity contribution in [1.82, 2.24) is 0 Å². The van der Waals surface area contributed by atoms with Gasteiger partial charge < -0.3 is 33.0 Å². The van der Waals surface area contributed by atoms with Gasteiger partial charge in [-0.3, -0.25) is 9.36 Å². The van der Waals surface area contributed by atoms with Crippen molar-refractivity contribution < 1.29 is 42.4 Å². The number of ether oxygens (including phenoxy) is 2. The number of allylic oxidation sites excluding steroid dienone is 10. The van der Waals surface area contributed by atoms with Crippen molar-refractivity contribution in [2.45, 2.75) is 154 Å². The fraction of sp³-hybridized carbons (Fsp3) is 0.705. The van der Waals surface area contributed by atoms with Gasteiger partial charge in [-0.2, -0.15) is 0 Å². The summed E-state index contributed by atoms with van der Waals surface area (Å²) in [5.41, 5.74) is 0. The largest absolute Gasteiger partial charge is 0.756 e. The summed E-state index contributed by atoms with van der Waals surface area (Å²) in [4.78, 5) is 24.8. The van der Waals surface area contributed by atoms with Crippen LogP contribution in [0.4, 0.5) is 0 Å². The third kappa shape index (κ3) is 39.4. The van der Waals surface area contributed by atoms with Crippen LogP contribution in [0.2, 0.25) is 0 Å². The second-order valence-corrected chi connectivity index (χ2v) is 16.3. The number of phosphoric ester groups is 1. The summed E-state index contributed by atoms with van der Waals surface area (Å²) in [6.45, 7) is 4.35. The number of carbonyl (C=O) groups excluding carboxylic acids is 1. The number of likely N-dealkylation sites (N-methyl/N-ethyl adjacent to an activating group) is 1. The molecule has 0 aliphatic heterocycles. The third-order valence-electron chi connectivity index (χ3n) is 8.47. The second kappa shape index (κ2) is 36.4. The summed E-state index contributed by atoms with van der Waals surface area (Å²) >= 11 is 0. The lowest BCUT2D eigenvalue weighted by atomic mass is 10.0. The van der Waals surface area contributed by atoms with Crippen molar-refractivity contribution >= 4 is 13.8 Å². The number of aliphatic hydroxyl groups excluding tert-OH is 1. The van der Waals surface area contributed by atoms with E-state index in [0.29, 0.717) is 23.9 Å². The molecule has 1 N–H and O–H groups in total. The molecular weight excluding hydrogens is 701 g/mol. The molecule has 0 fully saturated rings. The number of carbonyl (C=O) groups is 1. The summed E-state index contributed by atoms with van der Waals surface area (Å²) in [7, 11) is 1.25. The van der Waals surface area contributed by atoms with Gasteiger partial charge in [-0.25, -0.2) is 0 Å². The van der Waals surface area contributed by atoms with Gasteiger partial charge in [0.1, 0.15) is 19.8 Å². The molecule has 312 valence electrons. The maximum atomic E-state index is 12.5. The second-order valence-electron chi connectivity index (χ2n) is 14.9. The molecule has 0 aromatic carbocycles. The molecule has 3 atom stereocenters. The number of unbranched alkanes of at least 4 members (excludes halogenated alkanes) is 12. The van der Waals surface area contributed by atoms with Crippen LogP contribution in [-0.4, -0.2) is 75.3 Å². The van der Waals surface area contributed by atoms with E-state index in [4.69, 9.17) is 18.5 Å². The fourth-order valence-electron chi connectivity index (χ4n) is 5.15. The number of quaternary nitrogens is 1. The van der Waals surface area contributed by atoms with Crippen molar-refractivity contribution in [1.29, 1.82) is 0 Å². The first-order valence-electron chi connectivity index (χ1n) is 20.8. The molecule has 0 spiro atoms. The topological polar surface area (TPSA) is 114 Å². The quantitative estimate of drug-likeness (QED) is 0.0126. The molecule has 9 nitrogen and oxygen atoms in total. The van der Waals surface area contributed by atoms with Crippen LogP contribution in [0.3, 0.4) is 0 Å². The highest BCUT2D eigenvalue weighted by atomic mass is 31.2. The standard InChI is InChI=1S/C44H78NO8P/c1-6-8-10-12-14-16-18-20-22-24-26-28-30-32-38-50-43(41-53-54(48,49)52-39-37-45(3,4)5)40-51-44(47)36-33-35-42(46)34-31-29-27-25-23-21-19-17-15-13-11-9-7-2/h9,11,15,17,21,23,27,29,31-32,34,38,42-43,46H,6-8,10,12-14,16,18-20,22,24-26,28,30,33,35-37,39-41H2,1-5H3/b11-9-,17-15-,23-21-,29-27-,34-31+,38-32+/t42?,43-/m1/s1. The summed E-state index contributed by atoms with van der Waals surface area (Å²) in [5.74, 6) is -0.455. The van der Waals surface area contributed by atoms with E-state index in [1.807, 2.05) is 45.4 Å². The monoisotopic (exact) mass is 780 g/mol. The molecular formula is C44H78NO8P. The Labute approximate surface area is 330 Å². The molecule has 0 aromatic rings. The molecule has 0 aromatic heterocycles. The van der Waals surface area contributed by atoms with Gasteiger partial charge in [-0.15, -0.1) is 0 Å². The SMILES string of the molecule is CC/C=C\C/C=C\C/C=C\C/C=C\C=C\C(O)CCCC(=O)OC[C@H](COP(=O)([O-])OCC[N+](C)(C)C)O/C=C/CCCCCCCCCCCCCC. The fourth-order valence-corrected chi connectivity index (χ4v) is 5.87. The molecule has 0 saturated heterocycles. The maximum absolute atomic E-state index is 12.5. The average molecular weight is 780 g/mol. The minimum atomic E-state index is -4.56. The number of phosphoric acid groups is 1. The van der Waals surface area contributed by atoms with Crippen molar-refractivity contribution in [2.24, 2.45) is 0 Å². The van der Waals surface area contributed by atoms with Crippen LogP contribution < -0.4 is 4.89 Å². The van der Waals surface area contributed by atoms with E-state index in [9.17, 15) is 19.4 Å². The third-order valence-corrected chi connectivity index (χ3v) is 9.43. The van der Waals surface area contributed by atoms with Gasteiger partial charge in [0.15, 0.2) is 6.10 Å².